The Balaban J connectivity index is 1.22. The van der Waals surface area contributed by atoms with Crippen LogP contribution in [0.1, 0.15) is 61.1 Å². The molecule has 1 saturated heterocycles. The first kappa shape index (κ1) is 20.5. The monoisotopic (exact) mass is 479 g/mol. The predicted molar refractivity (Wildman–Crippen MR) is 129 cm³/mol. The maximum atomic E-state index is 12.7. The van der Waals surface area contributed by atoms with Gasteiger partial charge in [0.05, 0.1) is 11.0 Å². The van der Waals surface area contributed by atoms with E-state index in [1.807, 2.05) is 17.6 Å². The summed E-state index contributed by atoms with van der Waals surface area (Å²) in [6.45, 7) is 2.93. The van der Waals surface area contributed by atoms with Gasteiger partial charge in [0, 0.05) is 47.7 Å². The van der Waals surface area contributed by atoms with Gasteiger partial charge in [0.15, 0.2) is 11.5 Å². The number of nitrogens with one attached hydrogen (secondary N) is 1. The molecule has 1 aromatic carbocycles. The summed E-state index contributed by atoms with van der Waals surface area (Å²) >= 11 is 1.70. The molecule has 2 spiro atoms. The lowest BCUT2D eigenvalue weighted by Gasteiger charge is -2.69. The summed E-state index contributed by atoms with van der Waals surface area (Å²) in [7, 11) is 0. The van der Waals surface area contributed by atoms with Gasteiger partial charge in [-0.3, -0.25) is 4.90 Å². The molecule has 3 saturated carbocycles. The number of fused-ring (bicyclic) bond motifs is 1. The molecule has 2 bridgehead atoms. The van der Waals surface area contributed by atoms with Gasteiger partial charge in [-0.1, -0.05) is 6.07 Å². The minimum atomic E-state index is -0.794. The van der Waals surface area contributed by atoms with Crippen LogP contribution in [0, 0.1) is 11.3 Å². The van der Waals surface area contributed by atoms with Crippen molar-refractivity contribution < 1.29 is 14.9 Å². The molecular weight excluding hydrogens is 446 g/mol. The number of thiazole rings is 1. The van der Waals surface area contributed by atoms with Crippen LogP contribution in [-0.2, 0) is 18.4 Å². The van der Waals surface area contributed by atoms with Crippen molar-refractivity contribution in [3.8, 4) is 11.5 Å². The SMILES string of the molecule is Oc1ccc2c3c1O[C@H]1[C@@]4(CC[C@H]4NCc4nccs4)CC[C@@]4(O)[C@@H](C2)N(CC2CC2)CC[C@]314. The van der Waals surface area contributed by atoms with Crippen LogP contribution in [0.25, 0.3) is 0 Å². The molecule has 1 aromatic heterocycles. The van der Waals surface area contributed by atoms with Crippen molar-refractivity contribution in [2.45, 2.75) is 87.1 Å². The highest BCUT2D eigenvalue weighted by Gasteiger charge is 2.77. The molecule has 3 heterocycles. The summed E-state index contributed by atoms with van der Waals surface area (Å²) in [4.78, 5) is 7.08. The number of ether oxygens (including phenoxy) is 1. The fraction of sp³-hybridized carbons (Fsp3) is 0.667. The van der Waals surface area contributed by atoms with Crippen LogP contribution in [-0.4, -0.2) is 57.0 Å². The van der Waals surface area contributed by atoms with Crippen molar-refractivity contribution >= 4 is 11.3 Å². The van der Waals surface area contributed by atoms with E-state index in [-0.39, 0.29) is 23.3 Å². The molecule has 4 fully saturated rings. The Hall–Kier alpha value is -1.67. The van der Waals surface area contributed by atoms with Gasteiger partial charge in [-0.05, 0) is 75.5 Å². The Morgan fingerprint density at radius 2 is 2.09 bits per heavy atom. The van der Waals surface area contributed by atoms with Crippen molar-refractivity contribution in [2.75, 3.05) is 13.1 Å². The van der Waals surface area contributed by atoms with E-state index in [2.05, 4.69) is 21.3 Å². The van der Waals surface area contributed by atoms with Gasteiger partial charge in [0.25, 0.3) is 0 Å². The molecule has 0 unspecified atom stereocenters. The number of aromatic nitrogens is 1. The molecule has 180 valence electrons. The molecule has 6 nitrogen and oxygen atoms in total. The highest BCUT2D eigenvalue weighted by Crippen LogP contribution is 2.71. The number of hydrogen-bond donors (Lipinski definition) is 3. The summed E-state index contributed by atoms with van der Waals surface area (Å²) in [6, 6.07) is 4.42. The minimum absolute atomic E-state index is 0.00717. The van der Waals surface area contributed by atoms with Gasteiger partial charge in [-0.15, -0.1) is 11.3 Å². The average molecular weight is 480 g/mol. The first-order valence-corrected chi connectivity index (χ1v) is 14.0. The molecule has 0 amide bonds. The van der Waals surface area contributed by atoms with Gasteiger partial charge in [-0.25, -0.2) is 4.98 Å². The van der Waals surface area contributed by atoms with E-state index >= 15 is 0 Å². The fourth-order valence-electron chi connectivity index (χ4n) is 8.77. The maximum Gasteiger partial charge on any atom is 0.165 e. The molecule has 2 aromatic rings. The number of phenols is 1. The Kier molecular flexibility index (Phi) is 4.07. The molecular formula is C27H33N3O3S. The van der Waals surface area contributed by atoms with E-state index < -0.39 is 11.0 Å². The number of phenolic OH excluding ortho intramolecular Hbond substituents is 1. The van der Waals surface area contributed by atoms with Crippen LogP contribution in [0.2, 0.25) is 0 Å². The zero-order valence-corrected chi connectivity index (χ0v) is 20.3. The number of piperidine rings is 1. The number of aromatic hydroxyl groups is 1. The summed E-state index contributed by atoms with van der Waals surface area (Å²) < 4.78 is 6.85. The number of hydrogen-bond acceptors (Lipinski definition) is 7. The molecule has 8 rings (SSSR count). The summed E-state index contributed by atoms with van der Waals surface area (Å²) in [5, 5.41) is 30.6. The minimum Gasteiger partial charge on any atom is -0.504 e. The Morgan fingerprint density at radius 3 is 2.85 bits per heavy atom. The number of rotatable bonds is 5. The highest BCUT2D eigenvalue weighted by atomic mass is 32.1. The van der Waals surface area contributed by atoms with Crippen LogP contribution in [0.5, 0.6) is 11.5 Å². The zero-order chi connectivity index (χ0) is 22.7. The third-order valence-electron chi connectivity index (χ3n) is 10.6. The summed E-state index contributed by atoms with van der Waals surface area (Å²) in [6.07, 6.45) is 10.3. The van der Waals surface area contributed by atoms with Crippen molar-refractivity contribution in [1.82, 2.24) is 15.2 Å². The second-order valence-corrected chi connectivity index (χ2v) is 12.9. The number of likely N-dealkylation sites (tertiary alicyclic amines) is 1. The van der Waals surface area contributed by atoms with Gasteiger partial charge < -0.3 is 20.3 Å². The molecule has 3 N–H and O–H groups in total. The Bertz CT molecular complexity index is 1150. The van der Waals surface area contributed by atoms with Crippen LogP contribution in [0.15, 0.2) is 23.7 Å². The largest absolute Gasteiger partial charge is 0.504 e. The second-order valence-electron chi connectivity index (χ2n) is 11.9. The Labute approximate surface area is 204 Å². The van der Waals surface area contributed by atoms with E-state index in [0.717, 1.165) is 74.6 Å². The van der Waals surface area contributed by atoms with Crippen LogP contribution in [0.3, 0.4) is 0 Å². The van der Waals surface area contributed by atoms with Crippen LogP contribution >= 0.6 is 11.3 Å². The smallest absolute Gasteiger partial charge is 0.165 e. The van der Waals surface area contributed by atoms with Gasteiger partial charge >= 0.3 is 0 Å². The topological polar surface area (TPSA) is 77.8 Å². The highest BCUT2D eigenvalue weighted by molar-refractivity contribution is 7.09. The normalized spacial score (nSPS) is 41.7. The summed E-state index contributed by atoms with van der Waals surface area (Å²) in [5.41, 5.74) is 1.21. The van der Waals surface area contributed by atoms with Crippen molar-refractivity contribution in [1.29, 1.82) is 0 Å². The second kappa shape index (κ2) is 6.75. The van der Waals surface area contributed by atoms with E-state index in [4.69, 9.17) is 4.74 Å². The van der Waals surface area contributed by atoms with E-state index in [1.54, 1.807) is 11.3 Å². The maximum absolute atomic E-state index is 12.7. The van der Waals surface area contributed by atoms with Crippen molar-refractivity contribution in [3.63, 3.8) is 0 Å². The predicted octanol–water partition coefficient (Wildman–Crippen LogP) is 3.35. The molecule has 34 heavy (non-hydrogen) atoms. The standard InChI is InChI=1S/C27H33N3O3S/c31-18-4-3-17-13-20-27(32)8-7-25(6-5-19(25)29-14-21-28-10-12-34-21)24-26(27,22(17)23(18)33-24)9-11-30(20)15-16-1-2-16/h3-4,10,12,16,19-20,24,29,31-32H,1-2,5-9,11,13-15H2/t19-,20-,24+,25+,26+,27-/m1/s1. The lowest BCUT2D eigenvalue weighted by Crippen LogP contribution is -2.80. The molecule has 6 aliphatic rings. The molecule has 2 aliphatic heterocycles. The molecule has 0 radical (unpaired) electrons. The summed E-state index contributed by atoms with van der Waals surface area (Å²) in [5.74, 6) is 1.72. The van der Waals surface area contributed by atoms with E-state index in [0.29, 0.717) is 11.8 Å². The number of aliphatic hydroxyl groups is 1. The lowest BCUT2D eigenvalue weighted by molar-refractivity contribution is -0.236. The Morgan fingerprint density at radius 1 is 1.18 bits per heavy atom. The van der Waals surface area contributed by atoms with Crippen molar-refractivity contribution in [3.05, 3.63) is 39.8 Å². The van der Waals surface area contributed by atoms with E-state index in [1.165, 1.54) is 18.4 Å². The van der Waals surface area contributed by atoms with Gasteiger partial charge in [-0.2, -0.15) is 0 Å². The van der Waals surface area contributed by atoms with Gasteiger partial charge in [0.2, 0.25) is 0 Å². The molecule has 6 atom stereocenters. The van der Waals surface area contributed by atoms with Crippen molar-refractivity contribution in [2.24, 2.45) is 11.3 Å². The van der Waals surface area contributed by atoms with Crippen LogP contribution < -0.4 is 10.1 Å². The quantitative estimate of drug-likeness (QED) is 0.611. The third kappa shape index (κ3) is 2.40. The third-order valence-corrected chi connectivity index (χ3v) is 11.4. The van der Waals surface area contributed by atoms with Crippen LogP contribution in [0.4, 0.5) is 0 Å². The van der Waals surface area contributed by atoms with E-state index in [9.17, 15) is 10.2 Å². The fourth-order valence-corrected chi connectivity index (χ4v) is 9.34. The number of benzene rings is 1. The molecule has 7 heteroatoms. The molecule has 4 aliphatic carbocycles. The van der Waals surface area contributed by atoms with Gasteiger partial charge in [0.1, 0.15) is 11.1 Å². The first-order valence-electron chi connectivity index (χ1n) is 13.2. The first-order chi connectivity index (χ1) is 16.6. The number of nitrogens with zero attached hydrogens (tertiary/aromatic N) is 2. The zero-order valence-electron chi connectivity index (χ0n) is 19.5. The lowest BCUT2D eigenvalue weighted by atomic mass is 9.40. The average Bonchev–Trinajstić information content (AvgIpc) is 3.33.